The van der Waals surface area contributed by atoms with Crippen LogP contribution in [0.1, 0.15) is 24.2 Å². The average molecular weight is 715 g/mol. The van der Waals surface area contributed by atoms with E-state index in [9.17, 15) is 23.5 Å². The van der Waals surface area contributed by atoms with Crippen LogP contribution < -0.4 is 26.6 Å². The van der Waals surface area contributed by atoms with E-state index in [0.29, 0.717) is 52.7 Å². The van der Waals surface area contributed by atoms with E-state index in [2.05, 4.69) is 25.6 Å². The summed E-state index contributed by atoms with van der Waals surface area (Å²) in [4.78, 5) is 39.0. The topological polar surface area (TPSA) is 145 Å². The predicted molar refractivity (Wildman–Crippen MR) is 182 cm³/mol. The molecule has 2 aromatic carbocycles. The number of aliphatic hydroxyl groups is 1. The molecule has 16 heteroatoms. The van der Waals surface area contributed by atoms with E-state index in [1.807, 2.05) is 0 Å². The maximum atomic E-state index is 13.9. The first kappa shape index (κ1) is 34.4. The van der Waals surface area contributed by atoms with Crippen molar-refractivity contribution in [1.82, 2.24) is 29.4 Å². The van der Waals surface area contributed by atoms with Crippen LogP contribution in [0.5, 0.6) is 5.88 Å². The molecule has 0 bridgehead atoms. The molecular formula is C33H31Cl2F2N7O5. The number of benzene rings is 2. The third kappa shape index (κ3) is 6.62. The van der Waals surface area contributed by atoms with Crippen molar-refractivity contribution in [2.75, 3.05) is 25.6 Å². The molecular weight excluding hydrogens is 683 g/mol. The first-order chi connectivity index (χ1) is 23.5. The molecule has 5 aromatic rings. The minimum absolute atomic E-state index is 0.0107. The molecule has 49 heavy (non-hydrogen) atoms. The molecule has 3 N–H and O–H groups in total. The third-order valence-electron chi connectivity index (χ3n) is 8.38. The van der Waals surface area contributed by atoms with E-state index in [0.717, 1.165) is 15.2 Å². The number of pyridine rings is 1. The van der Waals surface area contributed by atoms with E-state index in [1.165, 1.54) is 21.2 Å². The van der Waals surface area contributed by atoms with Gasteiger partial charge in [0, 0.05) is 50.0 Å². The molecule has 0 saturated carbocycles. The lowest BCUT2D eigenvalue weighted by Crippen LogP contribution is -2.46. The second-order valence-corrected chi connectivity index (χ2v) is 12.1. The Hall–Kier alpha value is -4.47. The number of halogens is 4. The highest BCUT2D eigenvalue weighted by Gasteiger charge is 2.25. The first-order valence-electron chi connectivity index (χ1n) is 15.1. The van der Waals surface area contributed by atoms with Crippen molar-refractivity contribution < 1.29 is 23.4 Å². The van der Waals surface area contributed by atoms with E-state index in [-0.39, 0.29) is 46.0 Å². The third-order valence-corrected chi connectivity index (χ3v) is 9.19. The summed E-state index contributed by atoms with van der Waals surface area (Å²) in [5, 5.41) is 16.8. The van der Waals surface area contributed by atoms with Crippen LogP contribution in [0.2, 0.25) is 10.0 Å². The number of aryl methyl sites for hydroxylation is 1. The number of hydrogen-bond acceptors (Lipinski definition) is 10. The number of fused-ring (bicyclic) bond motifs is 1. The Kier molecular flexibility index (Phi) is 9.95. The van der Waals surface area contributed by atoms with Crippen LogP contribution in [0, 0.1) is 0 Å². The van der Waals surface area contributed by atoms with Gasteiger partial charge in [-0.05, 0) is 18.6 Å². The summed E-state index contributed by atoms with van der Waals surface area (Å²) in [5.74, 6) is 0.0952. The summed E-state index contributed by atoms with van der Waals surface area (Å²) in [7, 11) is 4.16. The Labute approximate surface area is 288 Å². The molecule has 3 aromatic heterocycles. The Morgan fingerprint density at radius 1 is 1.06 bits per heavy atom. The molecule has 6 rings (SSSR count). The maximum Gasteiger partial charge on any atom is 0.330 e. The molecule has 1 aliphatic rings. The zero-order chi connectivity index (χ0) is 35.0. The molecule has 1 saturated heterocycles. The van der Waals surface area contributed by atoms with Gasteiger partial charge in [-0.25, -0.2) is 23.5 Å². The van der Waals surface area contributed by atoms with Crippen molar-refractivity contribution in [2.45, 2.75) is 31.5 Å². The molecule has 0 radical (unpaired) electrons. The van der Waals surface area contributed by atoms with E-state index in [4.69, 9.17) is 32.7 Å². The summed E-state index contributed by atoms with van der Waals surface area (Å²) in [5.41, 5.74) is 0.781. The molecule has 256 valence electrons. The number of methoxy groups -OCH3 is 1. The number of aliphatic hydroxyl groups excluding tert-OH is 1. The number of hydrogen-bond donors (Lipinski definition) is 3. The molecule has 0 amide bonds. The van der Waals surface area contributed by atoms with Crippen LogP contribution in [-0.2, 0) is 25.4 Å². The van der Waals surface area contributed by atoms with E-state index in [1.54, 1.807) is 42.6 Å². The fourth-order valence-electron chi connectivity index (χ4n) is 5.71. The van der Waals surface area contributed by atoms with Gasteiger partial charge in [-0.1, -0.05) is 53.5 Å². The molecule has 2 atom stereocenters. The minimum Gasteiger partial charge on any atom is -0.480 e. The lowest BCUT2D eigenvalue weighted by Gasteiger charge is -2.28. The monoisotopic (exact) mass is 713 g/mol. The first-order valence-corrected chi connectivity index (χ1v) is 15.9. The lowest BCUT2D eigenvalue weighted by molar-refractivity contribution is -0.0281. The Balaban J connectivity index is 1.35. The van der Waals surface area contributed by atoms with Crippen LogP contribution in [0.4, 0.5) is 20.3 Å². The van der Waals surface area contributed by atoms with Crippen molar-refractivity contribution in [1.29, 1.82) is 0 Å². The highest BCUT2D eigenvalue weighted by atomic mass is 35.5. The molecule has 1 fully saturated rings. The van der Waals surface area contributed by atoms with Crippen LogP contribution in [0.15, 0.2) is 58.3 Å². The van der Waals surface area contributed by atoms with Gasteiger partial charge in [0.15, 0.2) is 0 Å². The van der Waals surface area contributed by atoms with E-state index >= 15 is 0 Å². The van der Waals surface area contributed by atoms with Gasteiger partial charge >= 0.3 is 5.69 Å². The maximum absolute atomic E-state index is 13.9. The smallest absolute Gasteiger partial charge is 0.330 e. The number of ether oxygens (including phenoxy) is 2. The van der Waals surface area contributed by atoms with Gasteiger partial charge in [0.25, 0.3) is 12.0 Å². The van der Waals surface area contributed by atoms with Gasteiger partial charge in [-0.2, -0.15) is 0 Å². The summed E-state index contributed by atoms with van der Waals surface area (Å²) in [6, 6.07) is 11.2. The van der Waals surface area contributed by atoms with Crippen molar-refractivity contribution in [2.24, 2.45) is 14.1 Å². The zero-order valence-electron chi connectivity index (χ0n) is 26.5. The average Bonchev–Trinajstić information content (AvgIpc) is 3.10. The van der Waals surface area contributed by atoms with Gasteiger partial charge < -0.3 is 25.2 Å². The molecule has 12 nitrogen and oxygen atoms in total. The quantitative estimate of drug-likeness (QED) is 0.191. The van der Waals surface area contributed by atoms with Gasteiger partial charge in [0.2, 0.25) is 5.88 Å². The van der Waals surface area contributed by atoms with E-state index < -0.39 is 29.5 Å². The zero-order valence-corrected chi connectivity index (χ0v) is 28.0. The van der Waals surface area contributed by atoms with Crippen LogP contribution in [0.3, 0.4) is 0 Å². The highest BCUT2D eigenvalue weighted by molar-refractivity contribution is 6.39. The molecule has 0 aliphatic carbocycles. The number of rotatable bonds is 9. The molecule has 4 heterocycles. The van der Waals surface area contributed by atoms with Crippen molar-refractivity contribution >= 4 is 45.6 Å². The van der Waals surface area contributed by atoms with Crippen LogP contribution in [-0.4, -0.2) is 61.7 Å². The second-order valence-electron chi connectivity index (χ2n) is 11.4. The number of nitrogens with zero attached hydrogens (tertiary/aromatic N) is 5. The second kappa shape index (κ2) is 14.2. The van der Waals surface area contributed by atoms with Gasteiger partial charge in [0.05, 0.1) is 53.0 Å². The lowest BCUT2D eigenvalue weighted by atomic mass is 10.0. The number of alkyl halides is 2. The fraction of sp³-hybridized carbons (Fsp3) is 0.303. The summed E-state index contributed by atoms with van der Waals surface area (Å²) in [6.45, 7) is 1.13. The normalized spacial score (nSPS) is 16.3. The Bertz CT molecular complexity index is 2180. The Morgan fingerprint density at radius 2 is 1.78 bits per heavy atom. The standard InChI is InChI=1S/C33H31Cl2F2N7O5/c1-43-24-12-21(29(36)37)41-30(26(24)32(46)44(2)33(43)47)40-20-9-5-7-17(28(20)35)16-6-4-8-18(27(16)34)22-13-39-23(31(42-22)48-3)14-38-19-10-11-49-15-25(19)45/h4-9,12-13,19,25,29,38,45H,10-11,14-15H2,1-3H3,(H,40,41)/t19-,25+/m0/s1. The number of anilines is 2. The van der Waals surface area contributed by atoms with Crippen LogP contribution in [0.25, 0.3) is 33.3 Å². The number of nitrogens with one attached hydrogen (secondary N) is 2. The summed E-state index contributed by atoms with van der Waals surface area (Å²) in [6.07, 6.45) is -1.37. The number of aromatic nitrogens is 5. The summed E-state index contributed by atoms with van der Waals surface area (Å²) < 4.78 is 40.6. The van der Waals surface area contributed by atoms with Gasteiger partial charge in [-0.15, -0.1) is 0 Å². The van der Waals surface area contributed by atoms with Gasteiger partial charge in [-0.3, -0.25) is 18.9 Å². The molecule has 0 spiro atoms. The largest absolute Gasteiger partial charge is 0.480 e. The predicted octanol–water partition coefficient (Wildman–Crippen LogP) is 4.99. The summed E-state index contributed by atoms with van der Waals surface area (Å²) >= 11 is 13.9. The van der Waals surface area contributed by atoms with Crippen molar-refractivity contribution in [3.8, 4) is 28.3 Å². The Morgan fingerprint density at radius 3 is 2.49 bits per heavy atom. The molecule has 0 unspecified atom stereocenters. The van der Waals surface area contributed by atoms with Gasteiger partial charge in [0.1, 0.15) is 22.6 Å². The molecule has 1 aliphatic heterocycles. The fourth-order valence-corrected chi connectivity index (χ4v) is 6.31. The van der Waals surface area contributed by atoms with Crippen molar-refractivity contribution in [3.63, 3.8) is 0 Å². The van der Waals surface area contributed by atoms with Crippen LogP contribution >= 0.6 is 23.2 Å². The highest BCUT2D eigenvalue weighted by Crippen LogP contribution is 2.42. The minimum atomic E-state index is -2.97. The van der Waals surface area contributed by atoms with Crippen molar-refractivity contribution in [3.05, 3.63) is 90.9 Å². The SMILES string of the molecule is COc1nc(-c2cccc(-c3cccc(Nc4nc(C(F)F)cc5c4c(=O)n(C)c(=O)n5C)c3Cl)c2Cl)cnc1CN[C@H]1CCOC[C@H]1O.